The Kier molecular flexibility index (Phi) is 8.28. The summed E-state index contributed by atoms with van der Waals surface area (Å²) in [5, 5.41) is 9.56. The minimum absolute atomic E-state index is 0.113. The molecule has 0 aromatic heterocycles. The van der Waals surface area contributed by atoms with E-state index in [1.807, 2.05) is 6.07 Å². The van der Waals surface area contributed by atoms with E-state index in [4.69, 9.17) is 18.9 Å². The second-order valence-corrected chi connectivity index (χ2v) is 5.59. The summed E-state index contributed by atoms with van der Waals surface area (Å²) in [5.74, 6) is 1.66. The lowest BCUT2D eigenvalue weighted by molar-refractivity contribution is -0.0932. The van der Waals surface area contributed by atoms with Gasteiger partial charge in [0.1, 0.15) is 12.4 Å². The van der Waals surface area contributed by atoms with Crippen molar-refractivity contribution in [2.75, 3.05) is 34.7 Å². The predicted octanol–water partition coefficient (Wildman–Crippen LogP) is 4.06. The van der Waals surface area contributed by atoms with Crippen LogP contribution in [0.4, 0.5) is 4.39 Å². The van der Waals surface area contributed by atoms with Crippen molar-refractivity contribution >= 4 is 11.6 Å². The third-order valence-electron chi connectivity index (χ3n) is 3.80. The molecular formula is C21H22FNO5. The van der Waals surface area contributed by atoms with Crippen LogP contribution in [0.3, 0.4) is 0 Å². The van der Waals surface area contributed by atoms with Crippen LogP contribution in [-0.2, 0) is 9.47 Å². The fourth-order valence-electron chi connectivity index (χ4n) is 2.36. The summed E-state index contributed by atoms with van der Waals surface area (Å²) < 4.78 is 38.3. The fraction of sp³-hybridized carbons (Fsp3) is 0.286. The van der Waals surface area contributed by atoms with Crippen molar-refractivity contribution in [2.24, 2.45) is 0 Å². The summed E-state index contributed by atoms with van der Waals surface area (Å²) in [6.45, 7) is -0.328. The van der Waals surface area contributed by atoms with Crippen molar-refractivity contribution in [1.29, 1.82) is 5.26 Å². The minimum Gasteiger partial charge on any atom is -0.493 e. The van der Waals surface area contributed by atoms with Gasteiger partial charge in [-0.05, 0) is 47.5 Å². The van der Waals surface area contributed by atoms with Crippen LogP contribution in [-0.4, -0.2) is 41.1 Å². The molecule has 148 valence electrons. The van der Waals surface area contributed by atoms with Crippen molar-refractivity contribution in [3.63, 3.8) is 0 Å². The number of hydrogen-bond acceptors (Lipinski definition) is 6. The van der Waals surface area contributed by atoms with E-state index in [9.17, 15) is 9.65 Å². The van der Waals surface area contributed by atoms with Gasteiger partial charge in [0.05, 0.1) is 25.9 Å². The van der Waals surface area contributed by atoms with E-state index in [0.29, 0.717) is 28.4 Å². The molecule has 0 aliphatic rings. The Hall–Kier alpha value is -3.08. The molecule has 0 aliphatic heterocycles. The Labute approximate surface area is 163 Å². The first-order valence-electron chi connectivity index (χ1n) is 8.43. The zero-order valence-corrected chi connectivity index (χ0v) is 16.0. The topological polar surface area (TPSA) is 69.9 Å². The van der Waals surface area contributed by atoms with Crippen LogP contribution < -0.4 is 14.2 Å². The quantitative estimate of drug-likeness (QED) is 0.265. The number of alkyl halides is 1. The highest BCUT2D eigenvalue weighted by Crippen LogP contribution is 2.31. The van der Waals surface area contributed by atoms with Gasteiger partial charge in [0.15, 0.2) is 18.3 Å². The Bertz CT molecular complexity index is 847. The number of nitriles is 1. The van der Waals surface area contributed by atoms with Crippen LogP contribution in [0.5, 0.6) is 17.2 Å². The molecule has 0 radical (unpaired) electrons. The molecule has 0 bridgehead atoms. The highest BCUT2D eigenvalue weighted by Gasteiger charge is 2.08. The average Bonchev–Trinajstić information content (AvgIpc) is 2.74. The molecule has 0 saturated carbocycles. The Morgan fingerprint density at radius 2 is 1.89 bits per heavy atom. The number of methoxy groups -OCH3 is 3. The second-order valence-electron chi connectivity index (χ2n) is 5.59. The molecule has 2 aromatic rings. The maximum absolute atomic E-state index is 12.9. The summed E-state index contributed by atoms with van der Waals surface area (Å²) in [6, 6.07) is 14.6. The summed E-state index contributed by atoms with van der Waals surface area (Å²) in [4.78, 5) is 0. The van der Waals surface area contributed by atoms with Crippen LogP contribution in [0.25, 0.3) is 11.6 Å². The monoisotopic (exact) mass is 387 g/mol. The largest absolute Gasteiger partial charge is 0.493 e. The Morgan fingerprint density at radius 1 is 1.11 bits per heavy atom. The number of nitrogens with zero attached hydrogens (tertiary/aromatic N) is 1. The average molecular weight is 387 g/mol. The number of ether oxygens (including phenoxy) is 5. The van der Waals surface area contributed by atoms with Crippen LogP contribution in [0.2, 0.25) is 0 Å². The van der Waals surface area contributed by atoms with Gasteiger partial charge in [0.2, 0.25) is 6.36 Å². The van der Waals surface area contributed by atoms with Crippen LogP contribution in [0.15, 0.2) is 42.5 Å². The third kappa shape index (κ3) is 5.98. The number of benzene rings is 2. The molecule has 1 atom stereocenters. The van der Waals surface area contributed by atoms with E-state index in [2.05, 4.69) is 10.8 Å². The summed E-state index contributed by atoms with van der Waals surface area (Å²) >= 11 is 0. The SMILES string of the molecule is COc1ccc(/C(C#N)=C/c2cccc(OCOCC(F)OC)c2)cc1OC. The lowest BCUT2D eigenvalue weighted by atomic mass is 10.0. The molecule has 0 aliphatic carbocycles. The van der Waals surface area contributed by atoms with Gasteiger partial charge in [-0.1, -0.05) is 12.1 Å². The van der Waals surface area contributed by atoms with Crippen molar-refractivity contribution < 1.29 is 28.1 Å². The van der Waals surface area contributed by atoms with E-state index in [-0.39, 0.29) is 13.4 Å². The van der Waals surface area contributed by atoms with Crippen LogP contribution in [0, 0.1) is 11.3 Å². The van der Waals surface area contributed by atoms with Gasteiger partial charge < -0.3 is 23.7 Å². The smallest absolute Gasteiger partial charge is 0.222 e. The molecule has 0 fully saturated rings. The summed E-state index contributed by atoms with van der Waals surface area (Å²) in [7, 11) is 4.35. The minimum atomic E-state index is -1.49. The molecule has 0 spiro atoms. The maximum Gasteiger partial charge on any atom is 0.222 e. The van der Waals surface area contributed by atoms with Gasteiger partial charge in [-0.2, -0.15) is 5.26 Å². The molecule has 0 heterocycles. The molecular weight excluding hydrogens is 365 g/mol. The lowest BCUT2D eigenvalue weighted by Gasteiger charge is -2.10. The molecule has 28 heavy (non-hydrogen) atoms. The highest BCUT2D eigenvalue weighted by molar-refractivity contribution is 5.90. The second kappa shape index (κ2) is 10.9. The third-order valence-corrected chi connectivity index (χ3v) is 3.80. The summed E-state index contributed by atoms with van der Waals surface area (Å²) in [5.41, 5.74) is 1.92. The fourth-order valence-corrected chi connectivity index (χ4v) is 2.36. The van der Waals surface area contributed by atoms with E-state index in [1.165, 1.54) is 14.2 Å². The van der Waals surface area contributed by atoms with Gasteiger partial charge in [-0.15, -0.1) is 0 Å². The number of allylic oxidation sites excluding steroid dienone is 1. The van der Waals surface area contributed by atoms with Gasteiger partial charge >= 0.3 is 0 Å². The standard InChI is InChI=1S/C21H22FNO5/c1-24-19-8-7-16(11-20(19)25-2)17(12-23)9-15-5-4-6-18(10-15)28-14-27-13-21(22)26-3/h4-11,21H,13-14H2,1-3H3/b17-9+. The predicted molar refractivity (Wildman–Crippen MR) is 103 cm³/mol. The molecule has 1 unspecified atom stereocenters. The molecule has 2 aromatic carbocycles. The number of hydrogen-bond donors (Lipinski definition) is 0. The van der Waals surface area contributed by atoms with Gasteiger partial charge in [0, 0.05) is 7.11 Å². The number of rotatable bonds is 10. The van der Waals surface area contributed by atoms with Gasteiger partial charge in [-0.25, -0.2) is 4.39 Å². The van der Waals surface area contributed by atoms with E-state index in [1.54, 1.807) is 49.6 Å². The van der Waals surface area contributed by atoms with E-state index < -0.39 is 6.36 Å². The van der Waals surface area contributed by atoms with E-state index in [0.717, 1.165) is 5.56 Å². The first-order valence-corrected chi connectivity index (χ1v) is 8.43. The normalized spacial score (nSPS) is 12.2. The first-order chi connectivity index (χ1) is 13.6. The van der Waals surface area contributed by atoms with Gasteiger partial charge in [-0.3, -0.25) is 0 Å². The highest BCUT2D eigenvalue weighted by atomic mass is 19.1. The van der Waals surface area contributed by atoms with Crippen molar-refractivity contribution in [1.82, 2.24) is 0 Å². The van der Waals surface area contributed by atoms with Crippen LogP contribution >= 0.6 is 0 Å². The zero-order valence-electron chi connectivity index (χ0n) is 16.0. The molecule has 0 amide bonds. The maximum atomic E-state index is 12.9. The summed E-state index contributed by atoms with van der Waals surface area (Å²) in [6.07, 6.45) is 0.245. The van der Waals surface area contributed by atoms with Crippen molar-refractivity contribution in [2.45, 2.75) is 6.36 Å². The lowest BCUT2D eigenvalue weighted by Crippen LogP contribution is -2.14. The molecule has 6 nitrogen and oxygen atoms in total. The Balaban J connectivity index is 2.13. The number of halogens is 1. The van der Waals surface area contributed by atoms with Crippen LogP contribution in [0.1, 0.15) is 11.1 Å². The van der Waals surface area contributed by atoms with Crippen molar-refractivity contribution in [3.8, 4) is 23.3 Å². The molecule has 2 rings (SSSR count). The van der Waals surface area contributed by atoms with Gasteiger partial charge in [0.25, 0.3) is 0 Å². The molecule has 7 heteroatoms. The molecule has 0 N–H and O–H groups in total. The van der Waals surface area contributed by atoms with Crippen molar-refractivity contribution in [3.05, 3.63) is 53.6 Å². The van der Waals surface area contributed by atoms with E-state index >= 15 is 0 Å². The Morgan fingerprint density at radius 3 is 2.57 bits per heavy atom. The zero-order chi connectivity index (χ0) is 20.4. The molecule has 0 saturated heterocycles. The first kappa shape index (κ1) is 21.2.